The molecule has 0 bridgehead atoms. The van der Waals surface area contributed by atoms with E-state index in [2.05, 4.69) is 53.4 Å². The van der Waals surface area contributed by atoms with Gasteiger partial charge in [-0.05, 0) is 31.4 Å². The van der Waals surface area contributed by atoms with E-state index in [1.54, 1.807) is 0 Å². The Kier molecular flexibility index (Phi) is 7.56. The third-order valence-corrected chi connectivity index (χ3v) is 4.65. The summed E-state index contributed by atoms with van der Waals surface area (Å²) in [6.07, 6.45) is 2.75. The SMILES string of the molecule is C[C@@H](CCc1ccccc1)CC(=O)NCCN1CCN(C)CC1. The average Bonchev–Trinajstić information content (AvgIpc) is 2.56. The van der Waals surface area contributed by atoms with Gasteiger partial charge in [-0.2, -0.15) is 0 Å². The Morgan fingerprint density at radius 1 is 1.17 bits per heavy atom. The molecule has 0 spiro atoms. The van der Waals surface area contributed by atoms with Crippen LogP contribution in [0.5, 0.6) is 0 Å². The van der Waals surface area contributed by atoms with Gasteiger partial charge in [0.25, 0.3) is 0 Å². The Morgan fingerprint density at radius 3 is 2.57 bits per heavy atom. The molecule has 0 radical (unpaired) electrons. The van der Waals surface area contributed by atoms with Crippen LogP contribution in [0.15, 0.2) is 30.3 Å². The van der Waals surface area contributed by atoms with Gasteiger partial charge in [-0.1, -0.05) is 37.3 Å². The molecule has 0 unspecified atom stereocenters. The predicted molar refractivity (Wildman–Crippen MR) is 95.5 cm³/mol. The summed E-state index contributed by atoms with van der Waals surface area (Å²) in [6.45, 7) is 8.39. The Morgan fingerprint density at radius 2 is 1.87 bits per heavy atom. The normalized spacial score (nSPS) is 17.8. The number of carbonyl (C=O) groups is 1. The number of benzene rings is 1. The summed E-state index contributed by atoms with van der Waals surface area (Å²) < 4.78 is 0. The molecule has 1 amide bonds. The molecule has 1 atom stereocenters. The lowest BCUT2D eigenvalue weighted by Gasteiger charge is -2.32. The molecule has 1 heterocycles. The van der Waals surface area contributed by atoms with E-state index in [-0.39, 0.29) is 5.91 Å². The Hall–Kier alpha value is -1.39. The number of amides is 1. The van der Waals surface area contributed by atoms with Crippen LogP contribution in [-0.2, 0) is 11.2 Å². The number of hydrogen-bond donors (Lipinski definition) is 1. The number of hydrogen-bond acceptors (Lipinski definition) is 3. The van der Waals surface area contributed by atoms with Crippen molar-refractivity contribution in [2.75, 3.05) is 46.3 Å². The molecule has 1 aromatic rings. The van der Waals surface area contributed by atoms with Gasteiger partial charge in [0, 0.05) is 45.7 Å². The van der Waals surface area contributed by atoms with Crippen molar-refractivity contribution in [1.82, 2.24) is 15.1 Å². The van der Waals surface area contributed by atoms with Crippen LogP contribution >= 0.6 is 0 Å². The zero-order chi connectivity index (χ0) is 16.5. The van der Waals surface area contributed by atoms with Gasteiger partial charge in [0.2, 0.25) is 5.91 Å². The molecule has 1 aromatic carbocycles. The highest BCUT2D eigenvalue weighted by Crippen LogP contribution is 2.12. The van der Waals surface area contributed by atoms with Crippen LogP contribution in [0.2, 0.25) is 0 Å². The second-order valence-electron chi connectivity index (χ2n) is 6.83. The minimum Gasteiger partial charge on any atom is -0.355 e. The minimum atomic E-state index is 0.194. The van der Waals surface area contributed by atoms with Gasteiger partial charge in [0.05, 0.1) is 0 Å². The number of aryl methyl sites for hydroxylation is 1. The van der Waals surface area contributed by atoms with Crippen molar-refractivity contribution in [3.63, 3.8) is 0 Å². The van der Waals surface area contributed by atoms with Gasteiger partial charge in [-0.25, -0.2) is 0 Å². The Balaban J connectivity index is 1.55. The summed E-state index contributed by atoms with van der Waals surface area (Å²) in [6, 6.07) is 10.5. The second-order valence-corrected chi connectivity index (χ2v) is 6.83. The Bertz CT molecular complexity index is 455. The van der Waals surface area contributed by atoms with Crippen LogP contribution in [-0.4, -0.2) is 62.0 Å². The molecule has 23 heavy (non-hydrogen) atoms. The Labute approximate surface area is 140 Å². The summed E-state index contributed by atoms with van der Waals surface area (Å²) in [7, 11) is 2.16. The number of carbonyl (C=O) groups excluding carboxylic acids is 1. The summed E-state index contributed by atoms with van der Waals surface area (Å²) in [4.78, 5) is 16.8. The minimum absolute atomic E-state index is 0.194. The molecule has 2 rings (SSSR count). The zero-order valence-corrected chi connectivity index (χ0v) is 14.6. The first-order chi connectivity index (χ1) is 11.1. The van der Waals surface area contributed by atoms with Crippen molar-refractivity contribution in [3.8, 4) is 0 Å². The molecule has 1 aliphatic heterocycles. The van der Waals surface area contributed by atoms with Crippen molar-refractivity contribution in [2.45, 2.75) is 26.2 Å². The molecule has 1 aliphatic rings. The van der Waals surface area contributed by atoms with Gasteiger partial charge in [-0.3, -0.25) is 9.69 Å². The molecule has 0 aromatic heterocycles. The lowest BCUT2D eigenvalue weighted by atomic mass is 9.98. The van der Waals surface area contributed by atoms with Crippen LogP contribution in [0.25, 0.3) is 0 Å². The quantitative estimate of drug-likeness (QED) is 0.797. The van der Waals surface area contributed by atoms with Crippen molar-refractivity contribution in [2.24, 2.45) is 5.92 Å². The molecular formula is C19H31N3O. The van der Waals surface area contributed by atoms with Crippen LogP contribution in [0, 0.1) is 5.92 Å². The number of nitrogens with zero attached hydrogens (tertiary/aromatic N) is 2. The average molecular weight is 317 g/mol. The monoisotopic (exact) mass is 317 g/mol. The molecule has 4 heteroatoms. The van der Waals surface area contributed by atoms with Crippen molar-refractivity contribution in [1.29, 1.82) is 0 Å². The van der Waals surface area contributed by atoms with Crippen molar-refractivity contribution >= 4 is 5.91 Å². The molecule has 4 nitrogen and oxygen atoms in total. The van der Waals surface area contributed by atoms with Gasteiger partial charge < -0.3 is 10.2 Å². The molecular weight excluding hydrogens is 286 g/mol. The third kappa shape index (κ3) is 7.14. The summed E-state index contributed by atoms with van der Waals surface area (Å²) >= 11 is 0. The maximum atomic E-state index is 12.0. The highest BCUT2D eigenvalue weighted by molar-refractivity contribution is 5.76. The maximum absolute atomic E-state index is 12.0. The number of rotatable bonds is 8. The zero-order valence-electron chi connectivity index (χ0n) is 14.6. The topological polar surface area (TPSA) is 35.6 Å². The highest BCUT2D eigenvalue weighted by Gasteiger charge is 2.14. The van der Waals surface area contributed by atoms with Crippen LogP contribution < -0.4 is 5.32 Å². The highest BCUT2D eigenvalue weighted by atomic mass is 16.1. The fourth-order valence-electron chi connectivity index (χ4n) is 2.97. The molecule has 1 N–H and O–H groups in total. The van der Waals surface area contributed by atoms with Crippen LogP contribution in [0.1, 0.15) is 25.3 Å². The van der Waals surface area contributed by atoms with E-state index in [0.717, 1.165) is 52.1 Å². The van der Waals surface area contributed by atoms with E-state index in [9.17, 15) is 4.79 Å². The second kappa shape index (κ2) is 9.68. The lowest BCUT2D eigenvalue weighted by molar-refractivity contribution is -0.122. The van der Waals surface area contributed by atoms with Gasteiger partial charge in [-0.15, -0.1) is 0 Å². The summed E-state index contributed by atoms with van der Waals surface area (Å²) in [5.74, 6) is 0.624. The number of piperazine rings is 1. The molecule has 1 saturated heterocycles. The lowest BCUT2D eigenvalue weighted by Crippen LogP contribution is -2.47. The van der Waals surface area contributed by atoms with E-state index in [1.165, 1.54) is 5.56 Å². The van der Waals surface area contributed by atoms with E-state index in [4.69, 9.17) is 0 Å². The standard InChI is InChI=1S/C19H31N3O/c1-17(8-9-18-6-4-3-5-7-18)16-19(23)20-10-11-22-14-12-21(2)13-15-22/h3-7,17H,8-16H2,1-2H3,(H,20,23)/t17-/m0/s1. The smallest absolute Gasteiger partial charge is 0.220 e. The van der Waals surface area contributed by atoms with Crippen LogP contribution in [0.3, 0.4) is 0 Å². The van der Waals surface area contributed by atoms with Crippen LogP contribution in [0.4, 0.5) is 0 Å². The fraction of sp³-hybridized carbons (Fsp3) is 0.632. The van der Waals surface area contributed by atoms with E-state index >= 15 is 0 Å². The van der Waals surface area contributed by atoms with E-state index < -0.39 is 0 Å². The largest absolute Gasteiger partial charge is 0.355 e. The first-order valence-electron chi connectivity index (χ1n) is 8.85. The first-order valence-corrected chi connectivity index (χ1v) is 8.85. The number of nitrogens with one attached hydrogen (secondary N) is 1. The number of likely N-dealkylation sites (N-methyl/N-ethyl adjacent to an activating group) is 1. The fourth-order valence-corrected chi connectivity index (χ4v) is 2.97. The first kappa shape index (κ1) is 18.0. The van der Waals surface area contributed by atoms with Gasteiger partial charge in [0.15, 0.2) is 0 Å². The van der Waals surface area contributed by atoms with Gasteiger partial charge >= 0.3 is 0 Å². The summed E-state index contributed by atoms with van der Waals surface area (Å²) in [5, 5.41) is 3.08. The van der Waals surface area contributed by atoms with E-state index in [1.807, 2.05) is 6.07 Å². The third-order valence-electron chi connectivity index (χ3n) is 4.65. The molecule has 128 valence electrons. The van der Waals surface area contributed by atoms with Crippen molar-refractivity contribution in [3.05, 3.63) is 35.9 Å². The summed E-state index contributed by atoms with van der Waals surface area (Å²) in [5.41, 5.74) is 1.36. The predicted octanol–water partition coefficient (Wildman–Crippen LogP) is 2.01. The molecule has 1 fully saturated rings. The molecule has 0 aliphatic carbocycles. The maximum Gasteiger partial charge on any atom is 0.220 e. The van der Waals surface area contributed by atoms with Gasteiger partial charge in [0.1, 0.15) is 0 Å². The van der Waals surface area contributed by atoms with Crippen molar-refractivity contribution < 1.29 is 4.79 Å². The van der Waals surface area contributed by atoms with E-state index in [0.29, 0.717) is 12.3 Å². The molecule has 0 saturated carbocycles.